The van der Waals surface area contributed by atoms with Crippen LogP contribution in [-0.2, 0) is 9.59 Å². The predicted molar refractivity (Wildman–Crippen MR) is 124 cm³/mol. The number of aromatic nitrogens is 1. The number of aliphatic hydroxyl groups is 1. The van der Waals surface area contributed by atoms with Gasteiger partial charge in [0.1, 0.15) is 17.3 Å². The molecular weight excluding hydrogens is 420 g/mol. The van der Waals surface area contributed by atoms with E-state index in [0.29, 0.717) is 28.6 Å². The van der Waals surface area contributed by atoms with Crippen LogP contribution in [0.4, 0.5) is 5.82 Å². The van der Waals surface area contributed by atoms with Crippen LogP contribution >= 0.6 is 0 Å². The van der Waals surface area contributed by atoms with Crippen molar-refractivity contribution < 1.29 is 24.0 Å². The first-order valence-electron chi connectivity index (χ1n) is 10.7. The lowest BCUT2D eigenvalue weighted by atomic mass is 9.93. The number of anilines is 1. The Labute approximate surface area is 192 Å². The molecule has 33 heavy (non-hydrogen) atoms. The van der Waals surface area contributed by atoms with Gasteiger partial charge in [0, 0.05) is 11.6 Å². The fourth-order valence-corrected chi connectivity index (χ4v) is 4.10. The van der Waals surface area contributed by atoms with E-state index in [0.717, 1.165) is 11.1 Å². The van der Waals surface area contributed by atoms with Crippen LogP contribution in [0.25, 0.3) is 5.76 Å². The van der Waals surface area contributed by atoms with Gasteiger partial charge in [0.15, 0.2) is 5.82 Å². The average Bonchev–Trinajstić information content (AvgIpc) is 3.34. The molecule has 0 radical (unpaired) electrons. The number of amides is 1. The molecule has 2 aromatic carbocycles. The zero-order valence-corrected chi connectivity index (χ0v) is 19.2. The van der Waals surface area contributed by atoms with E-state index >= 15 is 0 Å². The standard InChI is InChI=1S/C26H26N2O5/c1-14(2)17-6-8-18(9-7-17)23-22(24(29)19-10-11-20(32-5)15(3)12-19)25(30)26(31)28(23)21-13-16(4)33-27-21/h6-14,23,29H,1-5H3. The molecule has 1 aromatic heterocycles. The second kappa shape index (κ2) is 8.58. The van der Waals surface area contributed by atoms with E-state index < -0.39 is 17.7 Å². The number of Topliss-reactive ketones (excluding diaryl/α,β-unsaturated/α-hetero) is 1. The van der Waals surface area contributed by atoms with E-state index in [1.807, 2.05) is 31.2 Å². The van der Waals surface area contributed by atoms with Crippen LogP contribution in [0.15, 0.2) is 58.6 Å². The average molecular weight is 447 g/mol. The third-order valence-corrected chi connectivity index (χ3v) is 5.89. The summed E-state index contributed by atoms with van der Waals surface area (Å²) in [5, 5.41) is 15.2. The van der Waals surface area contributed by atoms with Crippen LogP contribution in [0.5, 0.6) is 5.75 Å². The van der Waals surface area contributed by atoms with Gasteiger partial charge in [-0.1, -0.05) is 43.3 Å². The highest BCUT2D eigenvalue weighted by Crippen LogP contribution is 2.42. The Bertz CT molecular complexity index is 1250. The summed E-state index contributed by atoms with van der Waals surface area (Å²) in [6.07, 6.45) is 0. The number of ketones is 1. The Morgan fingerprint density at radius 3 is 2.33 bits per heavy atom. The molecule has 1 amide bonds. The van der Waals surface area contributed by atoms with Crippen molar-refractivity contribution in [1.82, 2.24) is 5.16 Å². The summed E-state index contributed by atoms with van der Waals surface area (Å²) in [4.78, 5) is 27.6. The summed E-state index contributed by atoms with van der Waals surface area (Å²) < 4.78 is 10.5. The van der Waals surface area contributed by atoms with E-state index in [9.17, 15) is 14.7 Å². The van der Waals surface area contributed by atoms with Crippen LogP contribution in [-0.4, -0.2) is 29.1 Å². The third kappa shape index (κ3) is 3.91. The van der Waals surface area contributed by atoms with Crippen molar-refractivity contribution in [2.45, 2.75) is 39.7 Å². The summed E-state index contributed by atoms with van der Waals surface area (Å²) in [5.74, 6) is -0.0896. The lowest BCUT2D eigenvalue weighted by Gasteiger charge is -2.23. The number of aryl methyl sites for hydroxylation is 2. The fraction of sp³-hybridized carbons (Fsp3) is 0.269. The van der Waals surface area contributed by atoms with Crippen molar-refractivity contribution in [3.63, 3.8) is 0 Å². The SMILES string of the molecule is COc1ccc(C(O)=C2C(=O)C(=O)N(c3cc(C)on3)C2c2ccc(C(C)C)cc2)cc1C. The predicted octanol–water partition coefficient (Wildman–Crippen LogP) is 5.05. The number of rotatable bonds is 5. The molecule has 2 heterocycles. The monoisotopic (exact) mass is 446 g/mol. The number of methoxy groups -OCH3 is 1. The van der Waals surface area contributed by atoms with Gasteiger partial charge >= 0.3 is 5.91 Å². The highest BCUT2D eigenvalue weighted by molar-refractivity contribution is 6.51. The topological polar surface area (TPSA) is 92.9 Å². The molecule has 7 heteroatoms. The quantitative estimate of drug-likeness (QED) is 0.335. The number of benzene rings is 2. The van der Waals surface area contributed by atoms with Crippen molar-refractivity contribution >= 4 is 23.3 Å². The van der Waals surface area contributed by atoms with Gasteiger partial charge in [-0.25, -0.2) is 0 Å². The zero-order chi connectivity index (χ0) is 23.9. The van der Waals surface area contributed by atoms with Crippen LogP contribution in [0, 0.1) is 13.8 Å². The Hall–Kier alpha value is -3.87. The molecule has 1 saturated heterocycles. The lowest BCUT2D eigenvalue weighted by Crippen LogP contribution is -2.29. The molecule has 1 aliphatic rings. The minimum absolute atomic E-state index is 0.00233. The molecule has 7 nitrogen and oxygen atoms in total. The van der Waals surface area contributed by atoms with Gasteiger partial charge < -0.3 is 14.4 Å². The summed E-state index contributed by atoms with van der Waals surface area (Å²) in [6.45, 7) is 7.73. The highest BCUT2D eigenvalue weighted by Gasteiger charge is 2.48. The maximum absolute atomic E-state index is 13.2. The minimum Gasteiger partial charge on any atom is -0.507 e. The molecule has 1 atom stereocenters. The fourth-order valence-electron chi connectivity index (χ4n) is 4.10. The molecule has 1 N–H and O–H groups in total. The van der Waals surface area contributed by atoms with E-state index in [2.05, 4.69) is 19.0 Å². The highest BCUT2D eigenvalue weighted by atomic mass is 16.5. The second-order valence-corrected chi connectivity index (χ2v) is 8.47. The Morgan fingerprint density at radius 2 is 1.79 bits per heavy atom. The van der Waals surface area contributed by atoms with Crippen LogP contribution in [0.1, 0.15) is 53.8 Å². The largest absolute Gasteiger partial charge is 0.507 e. The van der Waals surface area contributed by atoms with Crippen molar-refractivity contribution in [2.24, 2.45) is 0 Å². The number of hydrogen-bond acceptors (Lipinski definition) is 6. The molecule has 1 aliphatic heterocycles. The Balaban J connectivity index is 1.91. The molecule has 1 fully saturated rings. The van der Waals surface area contributed by atoms with Crippen molar-refractivity contribution in [1.29, 1.82) is 0 Å². The molecule has 4 rings (SSSR count). The van der Waals surface area contributed by atoms with Gasteiger partial charge in [-0.05, 0) is 54.7 Å². The van der Waals surface area contributed by atoms with Crippen LogP contribution in [0.3, 0.4) is 0 Å². The van der Waals surface area contributed by atoms with E-state index in [-0.39, 0.29) is 17.2 Å². The number of hydrogen-bond donors (Lipinski definition) is 1. The van der Waals surface area contributed by atoms with E-state index in [1.54, 1.807) is 38.3 Å². The first-order valence-corrected chi connectivity index (χ1v) is 10.7. The van der Waals surface area contributed by atoms with Crippen molar-refractivity contribution in [3.8, 4) is 5.75 Å². The molecule has 0 saturated carbocycles. The normalized spacial score (nSPS) is 17.8. The minimum atomic E-state index is -0.849. The number of aliphatic hydroxyl groups excluding tert-OH is 1. The summed E-state index contributed by atoms with van der Waals surface area (Å²) in [7, 11) is 1.56. The molecule has 3 aromatic rings. The Morgan fingerprint density at radius 1 is 1.09 bits per heavy atom. The first kappa shape index (κ1) is 22.3. The van der Waals surface area contributed by atoms with Gasteiger partial charge in [-0.15, -0.1) is 0 Å². The lowest BCUT2D eigenvalue weighted by molar-refractivity contribution is -0.132. The van der Waals surface area contributed by atoms with Gasteiger partial charge in [0.05, 0.1) is 18.7 Å². The maximum Gasteiger partial charge on any atom is 0.301 e. The van der Waals surface area contributed by atoms with Crippen molar-refractivity contribution in [3.05, 3.63) is 82.1 Å². The van der Waals surface area contributed by atoms with Gasteiger partial charge in [0.2, 0.25) is 0 Å². The molecule has 0 spiro atoms. The molecule has 0 bridgehead atoms. The number of carbonyl (C=O) groups is 2. The number of nitrogens with zero attached hydrogens (tertiary/aromatic N) is 2. The first-order chi connectivity index (χ1) is 15.7. The molecule has 1 unspecified atom stereocenters. The van der Waals surface area contributed by atoms with Crippen molar-refractivity contribution in [2.75, 3.05) is 12.0 Å². The van der Waals surface area contributed by atoms with Crippen LogP contribution in [0.2, 0.25) is 0 Å². The Kier molecular flexibility index (Phi) is 5.80. The van der Waals surface area contributed by atoms with Gasteiger partial charge in [-0.2, -0.15) is 0 Å². The molecule has 0 aliphatic carbocycles. The van der Waals surface area contributed by atoms with Gasteiger partial charge in [0.25, 0.3) is 5.78 Å². The second-order valence-electron chi connectivity index (χ2n) is 8.47. The summed E-state index contributed by atoms with van der Waals surface area (Å²) >= 11 is 0. The van der Waals surface area contributed by atoms with E-state index in [1.165, 1.54) is 4.90 Å². The molecular formula is C26H26N2O5. The molecule has 170 valence electrons. The zero-order valence-electron chi connectivity index (χ0n) is 19.2. The van der Waals surface area contributed by atoms with Crippen LogP contribution < -0.4 is 9.64 Å². The summed E-state index contributed by atoms with van der Waals surface area (Å²) in [6, 6.07) is 13.5. The summed E-state index contributed by atoms with van der Waals surface area (Å²) in [5.41, 5.74) is 3.03. The number of carbonyl (C=O) groups excluding carboxylic acids is 2. The smallest absolute Gasteiger partial charge is 0.301 e. The third-order valence-electron chi connectivity index (χ3n) is 5.89. The number of ether oxygens (including phenoxy) is 1. The van der Waals surface area contributed by atoms with E-state index in [4.69, 9.17) is 9.26 Å². The van der Waals surface area contributed by atoms with Gasteiger partial charge in [-0.3, -0.25) is 14.5 Å². The maximum atomic E-state index is 13.2.